The van der Waals surface area contributed by atoms with Gasteiger partial charge < -0.3 is 10.6 Å². The van der Waals surface area contributed by atoms with Crippen LogP contribution < -0.4 is 10.6 Å². The molecule has 0 spiro atoms. The zero-order chi connectivity index (χ0) is 13.2. The molecule has 0 aromatic carbocycles. The summed E-state index contributed by atoms with van der Waals surface area (Å²) >= 11 is 0. The molecule has 0 bridgehead atoms. The molecule has 2 N–H and O–H groups in total. The summed E-state index contributed by atoms with van der Waals surface area (Å²) in [5.74, 6) is 0.478. The molecule has 3 heteroatoms. The molecule has 0 aromatic heterocycles. The number of carbonyl (C=O) groups is 1. The van der Waals surface area contributed by atoms with Crippen LogP contribution in [-0.4, -0.2) is 24.5 Å². The Morgan fingerprint density at radius 2 is 2.00 bits per heavy atom. The lowest BCUT2D eigenvalue weighted by molar-refractivity contribution is -0.130. The second kappa shape index (κ2) is 5.20. The van der Waals surface area contributed by atoms with E-state index in [-0.39, 0.29) is 22.8 Å². The van der Waals surface area contributed by atoms with Crippen molar-refractivity contribution in [3.63, 3.8) is 0 Å². The van der Waals surface area contributed by atoms with Crippen molar-refractivity contribution in [2.45, 2.75) is 64.8 Å². The Balaban J connectivity index is 1.87. The van der Waals surface area contributed by atoms with Gasteiger partial charge in [-0.2, -0.15) is 0 Å². The number of hydrogen-bond donors (Lipinski definition) is 2. The Bertz CT molecular complexity index is 306. The van der Waals surface area contributed by atoms with Crippen LogP contribution in [0.2, 0.25) is 0 Å². The average Bonchev–Trinajstić information content (AvgIpc) is 2.73. The number of carbonyl (C=O) groups excluding carboxylic acids is 1. The smallest absolute Gasteiger partial charge is 0.223 e. The van der Waals surface area contributed by atoms with E-state index in [0.29, 0.717) is 0 Å². The number of hydrogen-bond acceptors (Lipinski definition) is 2. The zero-order valence-electron chi connectivity index (χ0n) is 12.1. The largest absolute Gasteiger partial charge is 0.354 e. The maximum Gasteiger partial charge on any atom is 0.223 e. The van der Waals surface area contributed by atoms with Gasteiger partial charge in [-0.05, 0) is 44.6 Å². The average molecular weight is 252 g/mol. The minimum atomic E-state index is 0.120. The molecule has 1 saturated carbocycles. The molecule has 104 valence electrons. The fourth-order valence-corrected chi connectivity index (χ4v) is 3.49. The van der Waals surface area contributed by atoms with E-state index in [0.717, 1.165) is 19.5 Å². The van der Waals surface area contributed by atoms with Crippen molar-refractivity contribution in [1.29, 1.82) is 0 Å². The fraction of sp³-hybridized carbons (Fsp3) is 0.933. The maximum absolute atomic E-state index is 12.4. The summed E-state index contributed by atoms with van der Waals surface area (Å²) in [6.07, 6.45) is 7.11. The van der Waals surface area contributed by atoms with Crippen molar-refractivity contribution in [1.82, 2.24) is 10.6 Å². The zero-order valence-corrected chi connectivity index (χ0v) is 12.1. The number of amides is 1. The van der Waals surface area contributed by atoms with Gasteiger partial charge in [-0.1, -0.05) is 26.7 Å². The molecule has 2 rings (SSSR count). The van der Waals surface area contributed by atoms with Gasteiger partial charge in [-0.3, -0.25) is 4.79 Å². The van der Waals surface area contributed by atoms with Crippen LogP contribution in [-0.2, 0) is 4.79 Å². The summed E-state index contributed by atoms with van der Waals surface area (Å²) in [7, 11) is 0. The van der Waals surface area contributed by atoms with Crippen molar-refractivity contribution >= 4 is 5.91 Å². The van der Waals surface area contributed by atoms with E-state index in [1.165, 1.54) is 32.1 Å². The van der Waals surface area contributed by atoms with Gasteiger partial charge in [0.05, 0.1) is 0 Å². The number of nitrogens with one attached hydrogen (secondary N) is 2. The van der Waals surface area contributed by atoms with Gasteiger partial charge in [-0.25, -0.2) is 0 Å². The molecule has 2 fully saturated rings. The summed E-state index contributed by atoms with van der Waals surface area (Å²) in [6, 6.07) is 0. The summed E-state index contributed by atoms with van der Waals surface area (Å²) < 4.78 is 0. The van der Waals surface area contributed by atoms with E-state index < -0.39 is 0 Å². The Morgan fingerprint density at radius 1 is 1.22 bits per heavy atom. The van der Waals surface area contributed by atoms with Gasteiger partial charge in [0, 0.05) is 18.0 Å². The van der Waals surface area contributed by atoms with Gasteiger partial charge in [0.15, 0.2) is 0 Å². The quantitative estimate of drug-likeness (QED) is 0.810. The highest BCUT2D eigenvalue weighted by atomic mass is 16.1. The molecule has 3 nitrogen and oxygen atoms in total. The predicted octanol–water partition coefficient (Wildman–Crippen LogP) is 2.46. The highest BCUT2D eigenvalue weighted by Crippen LogP contribution is 2.40. The van der Waals surface area contributed by atoms with Crippen LogP contribution in [0.5, 0.6) is 0 Å². The second-order valence-corrected chi connectivity index (χ2v) is 7.10. The molecule has 18 heavy (non-hydrogen) atoms. The van der Waals surface area contributed by atoms with Gasteiger partial charge in [-0.15, -0.1) is 0 Å². The van der Waals surface area contributed by atoms with Gasteiger partial charge in [0.25, 0.3) is 0 Å². The summed E-state index contributed by atoms with van der Waals surface area (Å²) in [6.45, 7) is 8.56. The van der Waals surface area contributed by atoms with Crippen LogP contribution in [0.3, 0.4) is 0 Å². The highest BCUT2D eigenvalue weighted by Gasteiger charge is 2.38. The predicted molar refractivity (Wildman–Crippen MR) is 74.4 cm³/mol. The molecule has 1 heterocycles. The third-order valence-electron chi connectivity index (χ3n) is 4.93. The van der Waals surface area contributed by atoms with Crippen LogP contribution >= 0.6 is 0 Å². The maximum atomic E-state index is 12.4. The molecule has 1 amide bonds. The molecular formula is C15H28N2O. The summed E-state index contributed by atoms with van der Waals surface area (Å²) in [5.41, 5.74) is 0.292. The Morgan fingerprint density at radius 3 is 2.61 bits per heavy atom. The first kappa shape index (κ1) is 13.9. The molecule has 1 aliphatic heterocycles. The Labute approximate surface area is 111 Å². The first-order valence-electron chi connectivity index (χ1n) is 7.46. The fourth-order valence-electron chi connectivity index (χ4n) is 3.49. The van der Waals surface area contributed by atoms with Crippen molar-refractivity contribution in [3.8, 4) is 0 Å². The Hall–Kier alpha value is -0.570. The third kappa shape index (κ3) is 3.05. The first-order chi connectivity index (χ1) is 8.43. The van der Waals surface area contributed by atoms with Crippen molar-refractivity contribution in [2.75, 3.05) is 13.1 Å². The molecule has 1 saturated heterocycles. The van der Waals surface area contributed by atoms with Crippen LogP contribution in [0.25, 0.3) is 0 Å². The lowest BCUT2D eigenvalue weighted by Crippen LogP contribution is -2.50. The number of rotatable bonds is 3. The summed E-state index contributed by atoms with van der Waals surface area (Å²) in [4.78, 5) is 12.4. The lowest BCUT2D eigenvalue weighted by atomic mass is 9.68. The van der Waals surface area contributed by atoms with Gasteiger partial charge in [0.1, 0.15) is 0 Å². The molecule has 2 unspecified atom stereocenters. The lowest BCUT2D eigenvalue weighted by Gasteiger charge is -2.38. The SMILES string of the molecule is CC1(CNC(=O)C2CCCCC2(C)C)CCCN1. The van der Waals surface area contributed by atoms with Crippen LogP contribution in [0, 0.1) is 11.3 Å². The molecule has 0 aromatic rings. The van der Waals surface area contributed by atoms with Crippen molar-refractivity contribution in [2.24, 2.45) is 11.3 Å². The van der Waals surface area contributed by atoms with E-state index in [1.54, 1.807) is 0 Å². The minimum Gasteiger partial charge on any atom is -0.354 e. The third-order valence-corrected chi connectivity index (χ3v) is 4.93. The van der Waals surface area contributed by atoms with Crippen LogP contribution in [0.1, 0.15) is 59.3 Å². The standard InChI is InChI=1S/C15H28N2O/c1-14(2)8-5-4-7-12(14)13(18)16-11-15(3)9-6-10-17-15/h12,17H,4-11H2,1-3H3,(H,16,18). The van der Waals surface area contributed by atoms with Crippen molar-refractivity contribution < 1.29 is 4.79 Å². The van der Waals surface area contributed by atoms with E-state index in [4.69, 9.17) is 0 Å². The molecular weight excluding hydrogens is 224 g/mol. The normalized spacial score (nSPS) is 35.4. The van der Waals surface area contributed by atoms with Crippen LogP contribution in [0.4, 0.5) is 0 Å². The first-order valence-corrected chi connectivity index (χ1v) is 7.46. The molecule has 2 atom stereocenters. The minimum absolute atomic E-state index is 0.120. The highest BCUT2D eigenvalue weighted by molar-refractivity contribution is 5.79. The van der Waals surface area contributed by atoms with Gasteiger partial charge in [0.2, 0.25) is 5.91 Å². The molecule has 1 aliphatic carbocycles. The molecule has 2 aliphatic rings. The molecule has 0 radical (unpaired) electrons. The van der Waals surface area contributed by atoms with Crippen molar-refractivity contribution in [3.05, 3.63) is 0 Å². The summed E-state index contributed by atoms with van der Waals surface area (Å²) in [5, 5.41) is 6.69. The van der Waals surface area contributed by atoms with Gasteiger partial charge >= 0.3 is 0 Å². The second-order valence-electron chi connectivity index (χ2n) is 7.10. The van der Waals surface area contributed by atoms with E-state index in [9.17, 15) is 4.79 Å². The van der Waals surface area contributed by atoms with E-state index in [2.05, 4.69) is 31.4 Å². The Kier molecular flexibility index (Phi) is 4.00. The monoisotopic (exact) mass is 252 g/mol. The van der Waals surface area contributed by atoms with E-state index >= 15 is 0 Å². The topological polar surface area (TPSA) is 41.1 Å². The van der Waals surface area contributed by atoms with E-state index in [1.807, 2.05) is 0 Å². The van der Waals surface area contributed by atoms with Crippen LogP contribution in [0.15, 0.2) is 0 Å².